The number of hydrogen-bond acceptors (Lipinski definition) is 6. The van der Waals surface area contributed by atoms with Gasteiger partial charge in [0.15, 0.2) is 6.10 Å². The molecule has 0 rings (SSSR count). The van der Waals surface area contributed by atoms with Crippen LogP contribution in [0.1, 0.15) is 245 Å². The third-order valence-electron chi connectivity index (χ3n) is 9.86. The summed E-state index contributed by atoms with van der Waals surface area (Å²) in [6.45, 7) is 6.61. The number of carbonyl (C=O) groups is 3. The largest absolute Gasteiger partial charge is 0.462 e. The van der Waals surface area contributed by atoms with Crippen LogP contribution in [0.15, 0.2) is 0 Å². The highest BCUT2D eigenvalue weighted by molar-refractivity contribution is 5.71. The van der Waals surface area contributed by atoms with Crippen LogP contribution in [-0.4, -0.2) is 37.2 Å². The Kier molecular flexibility index (Phi) is 38.9. The molecule has 0 amide bonds. The van der Waals surface area contributed by atoms with E-state index in [1.165, 1.54) is 148 Å². The smallest absolute Gasteiger partial charge is 0.306 e. The van der Waals surface area contributed by atoms with Gasteiger partial charge < -0.3 is 14.2 Å². The second kappa shape index (κ2) is 40.2. The van der Waals surface area contributed by atoms with E-state index in [0.717, 1.165) is 57.8 Å². The van der Waals surface area contributed by atoms with Crippen LogP contribution < -0.4 is 0 Å². The van der Waals surface area contributed by atoms with Crippen molar-refractivity contribution in [3.63, 3.8) is 0 Å². The van der Waals surface area contributed by atoms with E-state index in [2.05, 4.69) is 20.8 Å². The normalized spacial score (nSPS) is 11.8. The zero-order chi connectivity index (χ0) is 36.6. The molecular formula is C44H84O6. The Hall–Kier alpha value is -1.59. The van der Waals surface area contributed by atoms with Crippen LogP contribution in [0.25, 0.3) is 0 Å². The van der Waals surface area contributed by atoms with Crippen LogP contribution in [0.4, 0.5) is 0 Å². The number of esters is 3. The van der Waals surface area contributed by atoms with Crippen molar-refractivity contribution < 1.29 is 28.6 Å². The third-order valence-corrected chi connectivity index (χ3v) is 9.86. The summed E-state index contributed by atoms with van der Waals surface area (Å²) >= 11 is 0. The van der Waals surface area contributed by atoms with Crippen molar-refractivity contribution in [2.45, 2.75) is 252 Å². The minimum atomic E-state index is -0.756. The van der Waals surface area contributed by atoms with Gasteiger partial charge in [0.2, 0.25) is 0 Å². The molecule has 50 heavy (non-hydrogen) atoms. The maximum atomic E-state index is 12.6. The van der Waals surface area contributed by atoms with Crippen molar-refractivity contribution in [3.8, 4) is 0 Å². The zero-order valence-electron chi connectivity index (χ0n) is 33.7. The van der Waals surface area contributed by atoms with E-state index in [-0.39, 0.29) is 31.1 Å². The van der Waals surface area contributed by atoms with Gasteiger partial charge in [0.05, 0.1) is 0 Å². The topological polar surface area (TPSA) is 78.9 Å². The van der Waals surface area contributed by atoms with Crippen molar-refractivity contribution in [2.24, 2.45) is 0 Å². The van der Waals surface area contributed by atoms with Crippen molar-refractivity contribution in [2.75, 3.05) is 13.2 Å². The summed E-state index contributed by atoms with van der Waals surface area (Å²) in [4.78, 5) is 37.5. The van der Waals surface area contributed by atoms with Crippen molar-refractivity contribution in [1.82, 2.24) is 0 Å². The Bertz CT molecular complexity index is 738. The molecule has 1 atom stereocenters. The van der Waals surface area contributed by atoms with E-state index >= 15 is 0 Å². The monoisotopic (exact) mass is 709 g/mol. The van der Waals surface area contributed by atoms with Crippen LogP contribution >= 0.6 is 0 Å². The fourth-order valence-electron chi connectivity index (χ4n) is 6.50. The van der Waals surface area contributed by atoms with Gasteiger partial charge in [-0.1, -0.05) is 207 Å². The van der Waals surface area contributed by atoms with Gasteiger partial charge in [0, 0.05) is 19.3 Å². The van der Waals surface area contributed by atoms with Crippen LogP contribution in [0.2, 0.25) is 0 Å². The Morgan fingerprint density at radius 3 is 0.800 bits per heavy atom. The summed E-state index contributed by atoms with van der Waals surface area (Å²) < 4.78 is 16.6. The molecule has 0 aromatic carbocycles. The van der Waals surface area contributed by atoms with E-state index in [1.54, 1.807) is 0 Å². The molecule has 6 heteroatoms. The quantitative estimate of drug-likeness (QED) is 0.0358. The summed E-state index contributed by atoms with van der Waals surface area (Å²) in [5.41, 5.74) is 0. The first-order valence-electron chi connectivity index (χ1n) is 22.0. The number of ether oxygens (including phenoxy) is 3. The van der Waals surface area contributed by atoms with Gasteiger partial charge in [-0.15, -0.1) is 0 Å². The maximum absolute atomic E-state index is 12.6. The molecule has 0 N–H and O–H groups in total. The summed E-state index contributed by atoms with van der Waals surface area (Å²) in [5.74, 6) is -0.859. The Morgan fingerprint density at radius 2 is 0.540 bits per heavy atom. The van der Waals surface area contributed by atoms with Gasteiger partial charge in [-0.2, -0.15) is 0 Å². The molecule has 0 fully saturated rings. The van der Waals surface area contributed by atoms with Gasteiger partial charge in [0.1, 0.15) is 13.2 Å². The van der Waals surface area contributed by atoms with Crippen molar-refractivity contribution >= 4 is 17.9 Å². The van der Waals surface area contributed by atoms with E-state index in [9.17, 15) is 14.4 Å². The molecular weight excluding hydrogens is 624 g/mol. The summed E-state index contributed by atoms with van der Waals surface area (Å²) in [7, 11) is 0. The molecule has 0 saturated carbocycles. The van der Waals surface area contributed by atoms with Gasteiger partial charge in [-0.05, 0) is 19.3 Å². The van der Waals surface area contributed by atoms with Gasteiger partial charge in [0.25, 0.3) is 0 Å². The first kappa shape index (κ1) is 48.4. The van der Waals surface area contributed by atoms with Gasteiger partial charge in [-0.25, -0.2) is 0 Å². The standard InChI is InChI=1S/C44H84O6/c1-4-7-10-13-16-19-20-21-22-23-26-28-31-34-37-43(46)49-40-41(50-44(47)38-35-32-29-25-18-15-12-9-6-3)39-48-42(45)36-33-30-27-24-17-14-11-8-5-2/h41H,4-40H2,1-3H3/t41-/m1/s1. The number of carbonyl (C=O) groups excluding carboxylic acids is 3. The Labute approximate surface area is 310 Å². The van der Waals surface area contributed by atoms with Crippen LogP contribution in [0.3, 0.4) is 0 Å². The van der Waals surface area contributed by atoms with Crippen molar-refractivity contribution in [3.05, 3.63) is 0 Å². The van der Waals surface area contributed by atoms with Crippen LogP contribution in [0.5, 0.6) is 0 Å². The van der Waals surface area contributed by atoms with E-state index in [1.807, 2.05) is 0 Å². The Balaban J connectivity index is 4.27. The molecule has 0 spiro atoms. The highest BCUT2D eigenvalue weighted by atomic mass is 16.6. The first-order chi connectivity index (χ1) is 24.5. The lowest BCUT2D eigenvalue weighted by atomic mass is 10.0. The fourth-order valence-corrected chi connectivity index (χ4v) is 6.50. The lowest BCUT2D eigenvalue weighted by molar-refractivity contribution is -0.167. The molecule has 296 valence electrons. The first-order valence-corrected chi connectivity index (χ1v) is 22.0. The minimum absolute atomic E-state index is 0.0632. The van der Waals surface area contributed by atoms with E-state index in [0.29, 0.717) is 19.3 Å². The minimum Gasteiger partial charge on any atom is -0.462 e. The summed E-state index contributed by atoms with van der Waals surface area (Å²) in [6, 6.07) is 0. The molecule has 0 heterocycles. The zero-order valence-corrected chi connectivity index (χ0v) is 33.7. The second-order valence-electron chi connectivity index (χ2n) is 15.0. The maximum Gasteiger partial charge on any atom is 0.306 e. The molecule has 0 aromatic heterocycles. The van der Waals surface area contributed by atoms with Crippen LogP contribution in [0, 0.1) is 0 Å². The molecule has 0 aliphatic carbocycles. The average molecular weight is 709 g/mol. The molecule has 0 radical (unpaired) electrons. The molecule has 0 unspecified atom stereocenters. The predicted octanol–water partition coefficient (Wildman–Crippen LogP) is 13.7. The van der Waals surface area contributed by atoms with E-state index < -0.39 is 6.10 Å². The van der Waals surface area contributed by atoms with Gasteiger partial charge >= 0.3 is 17.9 Å². The molecule has 0 aromatic rings. The molecule has 6 nitrogen and oxygen atoms in total. The molecule has 0 aliphatic rings. The highest BCUT2D eigenvalue weighted by Crippen LogP contribution is 2.15. The molecule has 0 aliphatic heterocycles. The second-order valence-corrected chi connectivity index (χ2v) is 15.0. The predicted molar refractivity (Wildman–Crippen MR) is 210 cm³/mol. The van der Waals surface area contributed by atoms with E-state index in [4.69, 9.17) is 14.2 Å². The lowest BCUT2D eigenvalue weighted by Crippen LogP contribution is -2.30. The number of unbranched alkanes of at least 4 members (excludes halogenated alkanes) is 29. The van der Waals surface area contributed by atoms with Crippen molar-refractivity contribution in [1.29, 1.82) is 0 Å². The summed E-state index contributed by atoms with van der Waals surface area (Å²) in [5, 5.41) is 0. The number of rotatable bonds is 40. The Morgan fingerprint density at radius 1 is 0.320 bits per heavy atom. The lowest BCUT2D eigenvalue weighted by Gasteiger charge is -2.18. The number of hydrogen-bond donors (Lipinski definition) is 0. The third kappa shape index (κ3) is 37.7. The van der Waals surface area contributed by atoms with Crippen LogP contribution in [-0.2, 0) is 28.6 Å². The highest BCUT2D eigenvalue weighted by Gasteiger charge is 2.19. The van der Waals surface area contributed by atoms with Gasteiger partial charge in [-0.3, -0.25) is 14.4 Å². The average Bonchev–Trinajstić information content (AvgIpc) is 3.11. The molecule has 0 saturated heterocycles. The SMILES string of the molecule is CCCCCCCCCCCCCCCCC(=O)OC[C@@H](COC(=O)CCCCCCCCCCC)OC(=O)CCCCCCCCCCC. The summed E-state index contributed by atoms with van der Waals surface area (Å²) in [6.07, 6.45) is 39.4. The molecule has 0 bridgehead atoms. The fraction of sp³-hybridized carbons (Fsp3) is 0.932.